The number of carbonyl (C=O) groups is 1. The smallest absolute Gasteiger partial charge is 0.303 e. The molecule has 0 amide bonds. The highest BCUT2D eigenvalue weighted by Gasteiger charge is 2.07. The van der Waals surface area contributed by atoms with E-state index >= 15 is 0 Å². The van der Waals surface area contributed by atoms with Gasteiger partial charge in [-0.3, -0.25) is 9.69 Å². The number of aliphatic carboxylic acids is 1. The van der Waals surface area contributed by atoms with Crippen molar-refractivity contribution in [3.8, 4) is 0 Å². The van der Waals surface area contributed by atoms with Gasteiger partial charge in [-0.15, -0.1) is 0 Å². The fourth-order valence-electron chi connectivity index (χ4n) is 2.51. The first-order valence-electron chi connectivity index (χ1n) is 7.76. The summed E-state index contributed by atoms with van der Waals surface area (Å²) < 4.78 is 0. The van der Waals surface area contributed by atoms with E-state index < -0.39 is 5.97 Å². The Labute approximate surface area is 132 Å². The first kappa shape index (κ1) is 16.2. The van der Waals surface area contributed by atoms with Crippen LogP contribution in [0.3, 0.4) is 0 Å². The number of hydrogen-bond donors (Lipinski definition) is 1. The number of unbranched alkanes of at least 4 members (excludes halogenated alkanes) is 1. The first-order valence-corrected chi connectivity index (χ1v) is 7.76. The lowest BCUT2D eigenvalue weighted by molar-refractivity contribution is -0.137. The molecule has 2 aromatic carbocycles. The van der Waals surface area contributed by atoms with Crippen molar-refractivity contribution < 1.29 is 9.90 Å². The molecule has 0 aliphatic carbocycles. The predicted octanol–water partition coefficient (Wildman–Crippen LogP) is 3.94. The quantitative estimate of drug-likeness (QED) is 0.713. The summed E-state index contributed by atoms with van der Waals surface area (Å²) in [6, 6.07) is 20.8. The molecule has 3 heteroatoms. The van der Waals surface area contributed by atoms with E-state index in [4.69, 9.17) is 5.11 Å². The van der Waals surface area contributed by atoms with E-state index in [1.807, 2.05) is 12.1 Å². The third-order valence-corrected chi connectivity index (χ3v) is 3.61. The van der Waals surface area contributed by atoms with Crippen LogP contribution < -0.4 is 0 Å². The predicted molar refractivity (Wildman–Crippen MR) is 88.5 cm³/mol. The molecule has 22 heavy (non-hydrogen) atoms. The Morgan fingerprint density at radius 3 is 1.77 bits per heavy atom. The van der Waals surface area contributed by atoms with Gasteiger partial charge in [-0.1, -0.05) is 60.7 Å². The Kier molecular flexibility index (Phi) is 6.65. The van der Waals surface area contributed by atoms with Crippen molar-refractivity contribution in [3.05, 3.63) is 71.8 Å². The average Bonchev–Trinajstić information content (AvgIpc) is 2.53. The lowest BCUT2D eigenvalue weighted by Crippen LogP contribution is -2.24. The molecule has 0 fully saturated rings. The molecule has 0 heterocycles. The van der Waals surface area contributed by atoms with Gasteiger partial charge >= 0.3 is 5.97 Å². The summed E-state index contributed by atoms with van der Waals surface area (Å²) in [6.07, 6.45) is 1.89. The van der Waals surface area contributed by atoms with Crippen molar-refractivity contribution >= 4 is 5.97 Å². The van der Waals surface area contributed by atoms with Gasteiger partial charge in [0.25, 0.3) is 0 Å². The molecule has 0 saturated heterocycles. The van der Waals surface area contributed by atoms with Crippen LogP contribution in [0.2, 0.25) is 0 Å². The number of carboxylic acids is 1. The normalized spacial score (nSPS) is 10.8. The Balaban J connectivity index is 1.92. The Bertz CT molecular complexity index is 513. The zero-order valence-corrected chi connectivity index (χ0v) is 12.8. The van der Waals surface area contributed by atoms with Gasteiger partial charge in [-0.05, 0) is 30.5 Å². The van der Waals surface area contributed by atoms with Crippen molar-refractivity contribution in [3.63, 3.8) is 0 Å². The monoisotopic (exact) mass is 297 g/mol. The summed E-state index contributed by atoms with van der Waals surface area (Å²) in [6.45, 7) is 2.70. The minimum Gasteiger partial charge on any atom is -0.481 e. The van der Waals surface area contributed by atoms with Crippen molar-refractivity contribution in [2.24, 2.45) is 0 Å². The molecular weight excluding hydrogens is 274 g/mol. The Morgan fingerprint density at radius 2 is 1.32 bits per heavy atom. The van der Waals surface area contributed by atoms with Crippen LogP contribution in [0.4, 0.5) is 0 Å². The second kappa shape index (κ2) is 9.00. The fraction of sp³-hybridized carbons (Fsp3) is 0.316. The average molecular weight is 297 g/mol. The van der Waals surface area contributed by atoms with E-state index in [0.717, 1.165) is 32.5 Å². The summed E-state index contributed by atoms with van der Waals surface area (Å²) in [5, 5.41) is 8.74. The van der Waals surface area contributed by atoms with Gasteiger partial charge < -0.3 is 5.11 Å². The summed E-state index contributed by atoms with van der Waals surface area (Å²) in [4.78, 5) is 13.0. The highest BCUT2D eigenvalue weighted by molar-refractivity contribution is 5.66. The maximum absolute atomic E-state index is 10.6. The van der Waals surface area contributed by atoms with Crippen LogP contribution in [0.1, 0.15) is 30.4 Å². The molecule has 0 aliphatic rings. The third kappa shape index (κ3) is 6.10. The summed E-state index contributed by atoms with van der Waals surface area (Å²) in [5.74, 6) is -0.710. The summed E-state index contributed by atoms with van der Waals surface area (Å²) in [5.41, 5.74) is 2.58. The van der Waals surface area contributed by atoms with Gasteiger partial charge in [0.1, 0.15) is 0 Å². The molecule has 2 aromatic rings. The zero-order valence-electron chi connectivity index (χ0n) is 12.8. The topological polar surface area (TPSA) is 40.5 Å². The molecule has 0 bridgehead atoms. The van der Waals surface area contributed by atoms with Crippen LogP contribution in [-0.4, -0.2) is 22.5 Å². The van der Waals surface area contributed by atoms with E-state index in [1.54, 1.807) is 0 Å². The van der Waals surface area contributed by atoms with Gasteiger partial charge in [-0.2, -0.15) is 0 Å². The van der Waals surface area contributed by atoms with Crippen LogP contribution in [0.25, 0.3) is 0 Å². The molecular formula is C19H23NO2. The molecule has 3 nitrogen and oxygen atoms in total. The highest BCUT2D eigenvalue weighted by Crippen LogP contribution is 2.11. The van der Waals surface area contributed by atoms with Crippen molar-refractivity contribution in [1.29, 1.82) is 0 Å². The van der Waals surface area contributed by atoms with Crippen molar-refractivity contribution in [2.75, 3.05) is 6.54 Å². The van der Waals surface area contributed by atoms with E-state index in [0.29, 0.717) is 0 Å². The molecule has 2 rings (SSSR count). The van der Waals surface area contributed by atoms with E-state index in [2.05, 4.69) is 53.4 Å². The molecule has 0 radical (unpaired) electrons. The summed E-state index contributed by atoms with van der Waals surface area (Å²) >= 11 is 0. The molecule has 0 aromatic heterocycles. The second-order valence-electron chi connectivity index (χ2n) is 5.53. The largest absolute Gasteiger partial charge is 0.481 e. The maximum Gasteiger partial charge on any atom is 0.303 e. The van der Waals surface area contributed by atoms with Crippen LogP contribution >= 0.6 is 0 Å². The van der Waals surface area contributed by atoms with Gasteiger partial charge in [-0.25, -0.2) is 0 Å². The Hall–Kier alpha value is -2.13. The molecule has 0 spiro atoms. The van der Waals surface area contributed by atoms with Crippen molar-refractivity contribution in [2.45, 2.75) is 32.4 Å². The van der Waals surface area contributed by atoms with Gasteiger partial charge in [0.2, 0.25) is 0 Å². The maximum atomic E-state index is 10.6. The van der Waals surface area contributed by atoms with Gasteiger partial charge in [0, 0.05) is 19.5 Å². The molecule has 116 valence electrons. The number of hydrogen-bond acceptors (Lipinski definition) is 2. The van der Waals surface area contributed by atoms with Crippen LogP contribution in [0.5, 0.6) is 0 Å². The van der Waals surface area contributed by atoms with Gasteiger partial charge in [0.15, 0.2) is 0 Å². The minimum atomic E-state index is -0.710. The van der Waals surface area contributed by atoms with Crippen LogP contribution in [0, 0.1) is 0 Å². The standard InChI is InChI=1S/C19H23NO2/c21-19(22)13-7-8-14-20(15-17-9-3-1-4-10-17)16-18-11-5-2-6-12-18/h1-6,9-12H,7-8,13-16H2,(H,21,22). The zero-order chi connectivity index (χ0) is 15.6. The fourth-order valence-corrected chi connectivity index (χ4v) is 2.51. The lowest BCUT2D eigenvalue weighted by Gasteiger charge is -2.22. The SMILES string of the molecule is O=C(O)CCCCN(Cc1ccccc1)Cc1ccccc1. The molecule has 1 N–H and O–H groups in total. The Morgan fingerprint density at radius 1 is 0.818 bits per heavy atom. The molecule has 0 atom stereocenters. The third-order valence-electron chi connectivity index (χ3n) is 3.61. The molecule has 0 aliphatic heterocycles. The second-order valence-corrected chi connectivity index (χ2v) is 5.53. The van der Waals surface area contributed by atoms with Crippen molar-refractivity contribution in [1.82, 2.24) is 4.90 Å². The number of carboxylic acid groups (broad SMARTS) is 1. The number of nitrogens with zero attached hydrogens (tertiary/aromatic N) is 1. The molecule has 0 unspecified atom stereocenters. The van der Waals surface area contributed by atoms with Crippen LogP contribution in [-0.2, 0) is 17.9 Å². The van der Waals surface area contributed by atoms with E-state index in [9.17, 15) is 4.79 Å². The van der Waals surface area contributed by atoms with Gasteiger partial charge in [0.05, 0.1) is 0 Å². The number of benzene rings is 2. The van der Waals surface area contributed by atoms with E-state index in [-0.39, 0.29) is 6.42 Å². The summed E-state index contributed by atoms with van der Waals surface area (Å²) in [7, 11) is 0. The van der Waals surface area contributed by atoms with Crippen LogP contribution in [0.15, 0.2) is 60.7 Å². The lowest BCUT2D eigenvalue weighted by atomic mass is 10.1. The highest BCUT2D eigenvalue weighted by atomic mass is 16.4. The number of rotatable bonds is 9. The minimum absolute atomic E-state index is 0.254. The molecule has 0 saturated carbocycles. The first-order chi connectivity index (χ1) is 10.7. The van der Waals surface area contributed by atoms with E-state index in [1.165, 1.54) is 11.1 Å².